The molecule has 3 aromatic carbocycles. The lowest BCUT2D eigenvalue weighted by Gasteiger charge is -2.39. The molecule has 1 aliphatic heterocycles. The Labute approximate surface area is 238 Å². The molecule has 9 rings (SSSR count). The first-order valence-corrected chi connectivity index (χ1v) is 14.2. The summed E-state index contributed by atoms with van der Waals surface area (Å²) in [6, 6.07) is 27.9. The predicted octanol–water partition coefficient (Wildman–Crippen LogP) is 8.31. The Morgan fingerprint density at radius 1 is 0.683 bits per heavy atom. The maximum atomic E-state index is 5.01. The first kappa shape index (κ1) is 22.5. The number of nitrogens with zero attached hydrogens (tertiary/aromatic N) is 3. The van der Waals surface area contributed by atoms with E-state index in [-0.39, 0.29) is 12.0 Å². The second kappa shape index (κ2) is 8.61. The zero-order chi connectivity index (χ0) is 26.9. The van der Waals surface area contributed by atoms with Crippen LogP contribution in [0.25, 0.3) is 33.7 Å². The molecule has 0 spiro atoms. The average molecular weight is 524 g/mol. The van der Waals surface area contributed by atoms with Gasteiger partial charge in [-0.15, -0.1) is 0 Å². The monoisotopic (exact) mass is 523 g/mol. The van der Waals surface area contributed by atoms with E-state index in [0.717, 1.165) is 28.1 Å². The highest BCUT2D eigenvalue weighted by Gasteiger charge is 2.38. The first-order valence-electron chi connectivity index (χ1n) is 14.2. The van der Waals surface area contributed by atoms with Crippen molar-refractivity contribution in [2.75, 3.05) is 0 Å². The number of benzene rings is 3. The summed E-state index contributed by atoms with van der Waals surface area (Å²) in [7, 11) is 0. The van der Waals surface area contributed by atoms with Gasteiger partial charge in [0.25, 0.3) is 0 Å². The van der Waals surface area contributed by atoms with Gasteiger partial charge in [-0.3, -0.25) is 9.56 Å². The van der Waals surface area contributed by atoms with Crippen molar-refractivity contribution in [1.82, 2.24) is 9.55 Å². The van der Waals surface area contributed by atoms with Gasteiger partial charge in [0.15, 0.2) is 0 Å². The fourth-order valence-corrected chi connectivity index (χ4v) is 6.93. The molecule has 0 saturated heterocycles. The minimum atomic E-state index is 0.0988. The molecule has 0 amide bonds. The number of dihydropyridines is 1. The maximum Gasteiger partial charge on any atom is 0.145 e. The van der Waals surface area contributed by atoms with Crippen molar-refractivity contribution < 1.29 is 0 Å². The van der Waals surface area contributed by atoms with Crippen LogP contribution in [0.15, 0.2) is 172 Å². The van der Waals surface area contributed by atoms with E-state index in [9.17, 15) is 0 Å². The van der Waals surface area contributed by atoms with Crippen molar-refractivity contribution in [3.8, 4) is 17.1 Å². The lowest BCUT2D eigenvalue weighted by Crippen LogP contribution is -2.29. The van der Waals surface area contributed by atoms with Gasteiger partial charge in [-0.1, -0.05) is 97.1 Å². The van der Waals surface area contributed by atoms with Gasteiger partial charge in [-0.2, -0.15) is 0 Å². The summed E-state index contributed by atoms with van der Waals surface area (Å²) in [6.07, 6.45) is 22.3. The van der Waals surface area contributed by atoms with Crippen LogP contribution in [-0.2, 0) is 0 Å². The molecular weight excluding hydrogens is 498 g/mol. The Morgan fingerprint density at radius 3 is 2.44 bits per heavy atom. The third kappa shape index (κ3) is 3.33. The summed E-state index contributed by atoms with van der Waals surface area (Å²) < 4.78 is 2.27. The molecular formula is C38H25N3. The molecule has 2 atom stereocenters. The van der Waals surface area contributed by atoms with E-state index in [1.807, 2.05) is 24.4 Å². The zero-order valence-electron chi connectivity index (χ0n) is 22.3. The van der Waals surface area contributed by atoms with Crippen molar-refractivity contribution >= 4 is 22.8 Å². The SMILES string of the molecule is C1=CC2=CC3=C4C(=CC=C5C=CC(c6ccc(-n7c(-c8ccccc8)nc8ccccc87)cc6)=C(C=C3)C54)C2N=C1. The minimum Gasteiger partial charge on any atom is -0.292 e. The Morgan fingerprint density at radius 2 is 1.54 bits per heavy atom. The molecule has 192 valence electrons. The topological polar surface area (TPSA) is 30.2 Å². The highest BCUT2D eigenvalue weighted by molar-refractivity contribution is 5.88. The van der Waals surface area contributed by atoms with Gasteiger partial charge in [0.05, 0.1) is 11.0 Å². The number of aliphatic imine (C=N–C) groups is 1. The molecule has 5 aliphatic rings. The smallest absolute Gasteiger partial charge is 0.145 e. The van der Waals surface area contributed by atoms with Crippen LogP contribution < -0.4 is 0 Å². The van der Waals surface area contributed by atoms with Gasteiger partial charge in [0.1, 0.15) is 11.9 Å². The van der Waals surface area contributed by atoms with Gasteiger partial charge in [0.2, 0.25) is 0 Å². The summed E-state index contributed by atoms with van der Waals surface area (Å²) in [5, 5.41) is 0. The van der Waals surface area contributed by atoms with E-state index in [0.29, 0.717) is 0 Å². The standard InChI is InChI=1S/C38H25N3/c1-2-7-26(8-3-1)38-40-33-10-4-5-11-34(33)41(38)29-17-12-24(13-18-29)30-19-14-25-15-21-32-36-27(16-20-31(30)35(25)36)23-28-9-6-22-39-37(28)32/h1-23,35,37H. The lowest BCUT2D eigenvalue weighted by atomic mass is 9.65. The molecule has 3 heteroatoms. The molecule has 2 unspecified atom stereocenters. The van der Waals surface area contributed by atoms with Crippen molar-refractivity contribution in [2.45, 2.75) is 6.04 Å². The molecule has 3 nitrogen and oxygen atoms in total. The average Bonchev–Trinajstić information content (AvgIpc) is 3.43. The summed E-state index contributed by atoms with van der Waals surface area (Å²) in [4.78, 5) is 9.85. The van der Waals surface area contributed by atoms with Crippen LogP contribution in [0.1, 0.15) is 5.56 Å². The van der Waals surface area contributed by atoms with E-state index in [2.05, 4.69) is 120 Å². The normalized spacial score (nSPS) is 21.5. The largest absolute Gasteiger partial charge is 0.292 e. The van der Waals surface area contributed by atoms with Gasteiger partial charge in [0, 0.05) is 23.4 Å². The van der Waals surface area contributed by atoms with Gasteiger partial charge >= 0.3 is 0 Å². The van der Waals surface area contributed by atoms with Crippen LogP contribution in [0.4, 0.5) is 0 Å². The number of hydrogen-bond donors (Lipinski definition) is 0. The van der Waals surface area contributed by atoms with Crippen LogP contribution in [-0.4, -0.2) is 21.8 Å². The van der Waals surface area contributed by atoms with Gasteiger partial charge < -0.3 is 0 Å². The molecule has 0 bridgehead atoms. The van der Waals surface area contributed by atoms with E-state index in [1.54, 1.807) is 0 Å². The van der Waals surface area contributed by atoms with Gasteiger partial charge in [-0.25, -0.2) is 4.98 Å². The van der Waals surface area contributed by atoms with Crippen LogP contribution in [0.2, 0.25) is 0 Å². The summed E-state index contributed by atoms with van der Waals surface area (Å²) >= 11 is 0. The molecule has 41 heavy (non-hydrogen) atoms. The fraction of sp³-hybridized carbons (Fsp3) is 0.0526. The Bertz CT molecular complexity index is 2070. The zero-order valence-corrected chi connectivity index (χ0v) is 22.3. The number of fused-ring (bicyclic) bond motifs is 3. The number of aromatic nitrogens is 2. The van der Waals surface area contributed by atoms with Crippen molar-refractivity contribution in [3.63, 3.8) is 0 Å². The molecule has 0 radical (unpaired) electrons. The first-order chi connectivity index (χ1) is 20.3. The molecule has 0 N–H and O–H groups in total. The van der Waals surface area contributed by atoms with Crippen molar-refractivity contribution in [3.05, 3.63) is 173 Å². The van der Waals surface area contributed by atoms with E-state index >= 15 is 0 Å². The Hall–Kier alpha value is -5.28. The minimum absolute atomic E-state index is 0.0988. The Balaban J connectivity index is 1.15. The molecule has 2 heterocycles. The number of hydrogen-bond acceptors (Lipinski definition) is 2. The molecule has 4 aliphatic carbocycles. The van der Waals surface area contributed by atoms with Crippen LogP contribution in [0, 0.1) is 5.92 Å². The highest BCUT2D eigenvalue weighted by Crippen LogP contribution is 2.51. The third-order valence-corrected chi connectivity index (χ3v) is 8.78. The van der Waals surface area contributed by atoms with Crippen LogP contribution >= 0.6 is 0 Å². The number of rotatable bonds is 3. The second-order valence-electron chi connectivity index (χ2n) is 11.0. The highest BCUT2D eigenvalue weighted by atomic mass is 15.1. The van der Waals surface area contributed by atoms with E-state index in [4.69, 9.17) is 9.98 Å². The molecule has 1 aromatic heterocycles. The van der Waals surface area contributed by atoms with E-state index in [1.165, 1.54) is 44.6 Å². The quantitative estimate of drug-likeness (QED) is 0.266. The van der Waals surface area contributed by atoms with Crippen molar-refractivity contribution in [2.24, 2.45) is 10.9 Å². The number of imidazole rings is 1. The molecule has 0 fully saturated rings. The number of allylic oxidation sites excluding steroid dienone is 12. The maximum absolute atomic E-state index is 5.01. The van der Waals surface area contributed by atoms with E-state index < -0.39 is 0 Å². The van der Waals surface area contributed by atoms with Crippen molar-refractivity contribution in [1.29, 1.82) is 0 Å². The molecule has 0 saturated carbocycles. The lowest BCUT2D eigenvalue weighted by molar-refractivity contribution is 0.786. The van der Waals surface area contributed by atoms with Crippen LogP contribution in [0.3, 0.4) is 0 Å². The third-order valence-electron chi connectivity index (χ3n) is 8.78. The second-order valence-corrected chi connectivity index (χ2v) is 11.0. The fourth-order valence-electron chi connectivity index (χ4n) is 6.93. The summed E-state index contributed by atoms with van der Waals surface area (Å²) in [5.41, 5.74) is 14.9. The predicted molar refractivity (Wildman–Crippen MR) is 168 cm³/mol. The summed E-state index contributed by atoms with van der Waals surface area (Å²) in [6.45, 7) is 0. The molecule has 4 aromatic rings. The van der Waals surface area contributed by atoms with Gasteiger partial charge in [-0.05, 0) is 81.0 Å². The Kier molecular flexibility index (Phi) is 4.73. The summed E-state index contributed by atoms with van der Waals surface area (Å²) in [5.74, 6) is 1.20. The van der Waals surface area contributed by atoms with Crippen LogP contribution in [0.5, 0.6) is 0 Å². The number of para-hydroxylation sites is 2.